The monoisotopic (exact) mass is 377 g/mol. The van der Waals surface area contributed by atoms with Crippen molar-refractivity contribution in [2.24, 2.45) is 33.8 Å². The first kappa shape index (κ1) is 17.7. The summed E-state index contributed by atoms with van der Waals surface area (Å²) in [5, 5.41) is 0. The van der Waals surface area contributed by atoms with Crippen molar-refractivity contribution in [2.75, 3.05) is 0 Å². The first-order valence-corrected chi connectivity index (χ1v) is 11.7. The predicted octanol–water partition coefficient (Wildman–Crippen LogP) is 5.39. The molecule has 6 fully saturated rings. The second-order valence-electron chi connectivity index (χ2n) is 12.3. The molecule has 2 unspecified atom stereocenters. The molecule has 0 aromatic heterocycles. The predicted molar refractivity (Wildman–Crippen MR) is 112 cm³/mol. The van der Waals surface area contributed by atoms with Crippen LogP contribution in [-0.2, 0) is 10.2 Å². The van der Waals surface area contributed by atoms with E-state index in [2.05, 4.69) is 37.3 Å². The van der Waals surface area contributed by atoms with Gasteiger partial charge >= 0.3 is 0 Å². The van der Waals surface area contributed by atoms with Gasteiger partial charge < -0.3 is 5.73 Å². The van der Waals surface area contributed by atoms with Gasteiger partial charge in [-0.1, -0.05) is 37.3 Å². The highest BCUT2D eigenvalue weighted by molar-refractivity contribution is 5.86. The molecule has 6 saturated carbocycles. The van der Waals surface area contributed by atoms with E-state index in [0.717, 1.165) is 25.2 Å². The van der Waals surface area contributed by atoms with E-state index in [-0.39, 0.29) is 10.8 Å². The molecule has 1 spiro atoms. The molecule has 7 rings (SSSR count). The fourth-order valence-corrected chi connectivity index (χ4v) is 9.52. The van der Waals surface area contributed by atoms with Gasteiger partial charge in [0, 0.05) is 17.9 Å². The van der Waals surface area contributed by atoms with Crippen LogP contribution in [0, 0.1) is 28.1 Å². The first-order chi connectivity index (χ1) is 13.3. The maximum Gasteiger partial charge on any atom is 0.139 e. The van der Waals surface area contributed by atoms with E-state index >= 15 is 0 Å². The normalized spacial score (nSPS) is 51.0. The van der Waals surface area contributed by atoms with Crippen molar-refractivity contribution in [1.29, 1.82) is 0 Å². The van der Waals surface area contributed by atoms with Crippen LogP contribution >= 0.6 is 0 Å². The van der Waals surface area contributed by atoms with Gasteiger partial charge in [-0.25, -0.2) is 0 Å². The summed E-state index contributed by atoms with van der Waals surface area (Å²) in [6.45, 7) is 2.49. The van der Waals surface area contributed by atoms with Crippen LogP contribution in [0.3, 0.4) is 0 Å². The average molecular weight is 378 g/mol. The molecule has 2 heteroatoms. The Balaban J connectivity index is 1.25. The highest BCUT2D eigenvalue weighted by Crippen LogP contribution is 2.71. The molecule has 1 aromatic rings. The number of rotatable bonds is 4. The third-order valence-electron chi connectivity index (χ3n) is 9.63. The van der Waals surface area contributed by atoms with Crippen LogP contribution in [0.15, 0.2) is 30.3 Å². The van der Waals surface area contributed by atoms with E-state index in [0.29, 0.717) is 28.6 Å². The maximum absolute atomic E-state index is 13.8. The number of hydrogen-bond donors (Lipinski definition) is 1. The van der Waals surface area contributed by atoms with Crippen molar-refractivity contribution < 1.29 is 4.79 Å². The van der Waals surface area contributed by atoms with Crippen LogP contribution in [0.2, 0.25) is 0 Å². The standard InChI is InChI=1S/C26H35NO/c1-23-8-19-11-25(15-23,20-5-3-2-4-6-20)17-26(12-19,16-23)22(28)7-18-9-24(10-18)13-21(27)14-24/h2-6,18-19,21H,7-17,27H2,1H3/t18?,19?,21?,23-,24?,25-,26?/m1/s1. The van der Waals surface area contributed by atoms with Crippen LogP contribution in [0.5, 0.6) is 0 Å². The lowest BCUT2D eigenvalue weighted by molar-refractivity contribution is -0.161. The summed E-state index contributed by atoms with van der Waals surface area (Å²) < 4.78 is 0. The first-order valence-electron chi connectivity index (χ1n) is 11.7. The largest absolute Gasteiger partial charge is 0.328 e. The van der Waals surface area contributed by atoms with Crippen LogP contribution in [0.25, 0.3) is 0 Å². The zero-order valence-corrected chi connectivity index (χ0v) is 17.4. The molecular weight excluding hydrogens is 342 g/mol. The average Bonchev–Trinajstić information content (AvgIpc) is 2.57. The Hall–Kier alpha value is -1.15. The minimum atomic E-state index is -0.0250. The van der Waals surface area contributed by atoms with E-state index < -0.39 is 0 Å². The van der Waals surface area contributed by atoms with E-state index in [9.17, 15) is 4.79 Å². The van der Waals surface area contributed by atoms with Crippen LogP contribution < -0.4 is 5.73 Å². The fraction of sp³-hybridized carbons (Fsp3) is 0.731. The number of benzene rings is 1. The molecule has 1 aromatic carbocycles. The molecule has 0 amide bonds. The zero-order chi connectivity index (χ0) is 19.2. The highest BCUT2D eigenvalue weighted by atomic mass is 16.1. The molecule has 2 nitrogen and oxygen atoms in total. The van der Waals surface area contributed by atoms with Crippen molar-refractivity contribution in [3.05, 3.63) is 35.9 Å². The highest BCUT2D eigenvalue weighted by Gasteiger charge is 2.64. The lowest BCUT2D eigenvalue weighted by Gasteiger charge is -2.66. The molecule has 28 heavy (non-hydrogen) atoms. The van der Waals surface area contributed by atoms with Gasteiger partial charge in [-0.05, 0) is 97.9 Å². The van der Waals surface area contributed by atoms with Crippen molar-refractivity contribution in [3.63, 3.8) is 0 Å². The number of carbonyl (C=O) groups excluding carboxylic acids is 1. The second kappa shape index (κ2) is 5.50. The summed E-state index contributed by atoms with van der Waals surface area (Å²) in [5.74, 6) is 2.03. The minimum Gasteiger partial charge on any atom is -0.328 e. The molecule has 6 aliphatic carbocycles. The summed E-state index contributed by atoms with van der Waals surface area (Å²) in [6, 6.07) is 11.6. The molecule has 0 radical (unpaired) electrons. The van der Waals surface area contributed by atoms with Crippen molar-refractivity contribution in [1.82, 2.24) is 0 Å². The van der Waals surface area contributed by atoms with Gasteiger partial charge in [0.05, 0.1) is 0 Å². The summed E-state index contributed by atoms with van der Waals surface area (Å²) in [6.07, 6.45) is 13.2. The third kappa shape index (κ3) is 2.46. The lowest BCUT2D eigenvalue weighted by atomic mass is 9.37. The summed E-state index contributed by atoms with van der Waals surface area (Å²) in [5.41, 5.74) is 8.68. The zero-order valence-electron chi connectivity index (χ0n) is 17.4. The smallest absolute Gasteiger partial charge is 0.139 e. The van der Waals surface area contributed by atoms with Gasteiger partial charge in [-0.2, -0.15) is 0 Å². The molecule has 6 aliphatic rings. The Kier molecular flexibility index (Phi) is 3.48. The fourth-order valence-electron chi connectivity index (χ4n) is 9.52. The SMILES string of the molecule is C[C@]12CC3CC(C(=O)CC4CC5(CC(N)C5)C4)(C1)C[C@@](c1ccccc1)(C3)C2. The van der Waals surface area contributed by atoms with E-state index in [1.54, 1.807) is 0 Å². The summed E-state index contributed by atoms with van der Waals surface area (Å²) in [4.78, 5) is 13.8. The summed E-state index contributed by atoms with van der Waals surface area (Å²) in [7, 11) is 0. The van der Waals surface area contributed by atoms with Gasteiger partial charge in [-0.15, -0.1) is 0 Å². The topological polar surface area (TPSA) is 43.1 Å². The van der Waals surface area contributed by atoms with Crippen molar-refractivity contribution >= 4 is 5.78 Å². The number of hydrogen-bond acceptors (Lipinski definition) is 2. The van der Waals surface area contributed by atoms with E-state index in [4.69, 9.17) is 5.73 Å². The molecule has 150 valence electrons. The molecule has 2 N–H and O–H groups in total. The van der Waals surface area contributed by atoms with E-state index in [1.807, 2.05) is 0 Å². The van der Waals surface area contributed by atoms with Crippen molar-refractivity contribution in [3.8, 4) is 0 Å². The molecule has 0 aliphatic heterocycles. The van der Waals surface area contributed by atoms with Gasteiger partial charge in [0.25, 0.3) is 0 Å². The maximum atomic E-state index is 13.8. The van der Waals surface area contributed by atoms with Crippen LogP contribution in [0.1, 0.15) is 83.1 Å². The molecule has 4 atom stereocenters. The number of Topliss-reactive ketones (excluding diaryl/α,β-unsaturated/α-hetero) is 1. The molecular formula is C26H35NO. The van der Waals surface area contributed by atoms with Gasteiger partial charge in [0.2, 0.25) is 0 Å². The van der Waals surface area contributed by atoms with Gasteiger partial charge in [-0.3, -0.25) is 4.79 Å². The molecule has 0 saturated heterocycles. The third-order valence-corrected chi connectivity index (χ3v) is 9.63. The van der Waals surface area contributed by atoms with Gasteiger partial charge in [0.1, 0.15) is 5.78 Å². The Labute approximate surface area is 169 Å². The Bertz CT molecular complexity index is 803. The van der Waals surface area contributed by atoms with Gasteiger partial charge in [0.15, 0.2) is 0 Å². The quantitative estimate of drug-likeness (QED) is 0.764. The van der Waals surface area contributed by atoms with Crippen LogP contribution in [-0.4, -0.2) is 11.8 Å². The lowest BCUT2D eigenvalue weighted by Crippen LogP contribution is -2.60. The summed E-state index contributed by atoms with van der Waals surface area (Å²) >= 11 is 0. The van der Waals surface area contributed by atoms with E-state index in [1.165, 1.54) is 56.9 Å². The number of ketones is 1. The van der Waals surface area contributed by atoms with Crippen LogP contribution in [0.4, 0.5) is 0 Å². The molecule has 0 heterocycles. The number of nitrogens with two attached hydrogens (primary N) is 1. The Morgan fingerprint density at radius 2 is 1.71 bits per heavy atom. The Morgan fingerprint density at radius 3 is 2.39 bits per heavy atom. The van der Waals surface area contributed by atoms with Crippen molar-refractivity contribution in [2.45, 2.75) is 89.0 Å². The molecule has 4 bridgehead atoms. The Morgan fingerprint density at radius 1 is 0.964 bits per heavy atom. The minimum absolute atomic E-state index is 0.0250. The number of carbonyl (C=O) groups is 1. The second-order valence-corrected chi connectivity index (χ2v) is 12.3.